The topological polar surface area (TPSA) is 40.5 Å². The van der Waals surface area contributed by atoms with Gasteiger partial charge in [-0.05, 0) is 32.4 Å². The Kier molecular flexibility index (Phi) is 33.5. The lowest BCUT2D eigenvalue weighted by atomic mass is 10.0. The number of carboxylic acid groups (broad SMARTS) is 1. The summed E-state index contributed by atoms with van der Waals surface area (Å²) in [5.74, 6) is -0.629. The molecule has 0 saturated heterocycles. The van der Waals surface area contributed by atoms with Gasteiger partial charge in [0.25, 0.3) is 0 Å². The summed E-state index contributed by atoms with van der Waals surface area (Å²) in [5.41, 5.74) is 0. The van der Waals surface area contributed by atoms with Crippen molar-refractivity contribution >= 4 is 5.97 Å². The van der Waals surface area contributed by atoms with E-state index < -0.39 is 5.97 Å². The number of hydrogen-bond donors (Lipinski definition) is 1. The molecular formula is C38H77NO2. The lowest BCUT2D eigenvalue weighted by molar-refractivity contribution is -0.138. The first-order chi connectivity index (χ1) is 20.2. The van der Waals surface area contributed by atoms with Crippen molar-refractivity contribution < 1.29 is 9.90 Å². The number of unbranched alkanes of at least 4 members (excludes halogenated alkanes) is 26. The van der Waals surface area contributed by atoms with Gasteiger partial charge in [-0.15, -0.1) is 0 Å². The molecule has 0 heterocycles. The molecule has 0 amide bonds. The zero-order chi connectivity index (χ0) is 30.1. The highest BCUT2D eigenvalue weighted by Gasteiger charge is 2.20. The largest absolute Gasteiger partial charge is 0.481 e. The molecule has 0 rings (SSSR count). The van der Waals surface area contributed by atoms with Crippen LogP contribution >= 0.6 is 0 Å². The molecule has 3 heteroatoms. The number of aliphatic carboxylic acids is 1. The number of hydrogen-bond acceptors (Lipinski definition) is 2. The lowest BCUT2D eigenvalue weighted by Crippen LogP contribution is -2.38. The van der Waals surface area contributed by atoms with E-state index >= 15 is 0 Å². The average Bonchev–Trinajstić information content (AvgIpc) is 2.96. The molecule has 0 aliphatic heterocycles. The highest BCUT2D eigenvalue weighted by Crippen LogP contribution is 2.18. The summed E-state index contributed by atoms with van der Waals surface area (Å²) in [6, 6.07) is 0.224. The maximum absolute atomic E-state index is 11.6. The summed E-state index contributed by atoms with van der Waals surface area (Å²) in [4.78, 5) is 14.1. The number of carboxylic acids is 1. The van der Waals surface area contributed by atoms with Crippen LogP contribution in [0.15, 0.2) is 0 Å². The highest BCUT2D eigenvalue weighted by molar-refractivity contribution is 5.67. The van der Waals surface area contributed by atoms with Gasteiger partial charge in [0.2, 0.25) is 0 Å². The monoisotopic (exact) mass is 580 g/mol. The Labute approximate surface area is 259 Å². The van der Waals surface area contributed by atoms with E-state index in [4.69, 9.17) is 0 Å². The van der Waals surface area contributed by atoms with Gasteiger partial charge in [0.15, 0.2) is 0 Å². The van der Waals surface area contributed by atoms with Gasteiger partial charge < -0.3 is 5.11 Å². The normalized spacial score (nSPS) is 12.4. The van der Waals surface area contributed by atoms with Gasteiger partial charge >= 0.3 is 5.97 Å². The van der Waals surface area contributed by atoms with Crippen LogP contribution in [-0.2, 0) is 4.79 Å². The van der Waals surface area contributed by atoms with Crippen LogP contribution in [0.1, 0.15) is 220 Å². The second kappa shape index (κ2) is 33.9. The first-order valence-corrected chi connectivity index (χ1v) is 19.1. The van der Waals surface area contributed by atoms with Gasteiger partial charge in [-0.3, -0.25) is 9.69 Å². The molecule has 0 aliphatic rings. The molecule has 0 aromatic heterocycles. The molecule has 0 saturated carbocycles. The van der Waals surface area contributed by atoms with Crippen molar-refractivity contribution in [3.8, 4) is 0 Å². The van der Waals surface area contributed by atoms with Crippen LogP contribution in [0.25, 0.3) is 0 Å². The third-order valence-electron chi connectivity index (χ3n) is 9.15. The predicted octanol–water partition coefficient (Wildman–Crippen LogP) is 12.9. The molecule has 1 unspecified atom stereocenters. The van der Waals surface area contributed by atoms with Crippen LogP contribution in [0.2, 0.25) is 0 Å². The summed E-state index contributed by atoms with van der Waals surface area (Å²) >= 11 is 0. The SMILES string of the molecule is CCCCCCCCCCCCCCCCN(CCCCCCCCCCCCCCCC)C(CCC)CC(=O)O. The van der Waals surface area contributed by atoms with Crippen molar-refractivity contribution in [2.24, 2.45) is 0 Å². The molecular weight excluding hydrogens is 502 g/mol. The summed E-state index contributed by atoms with van der Waals surface area (Å²) in [6.07, 6.45) is 41.3. The zero-order valence-electron chi connectivity index (χ0n) is 28.7. The first-order valence-electron chi connectivity index (χ1n) is 19.1. The second-order valence-corrected chi connectivity index (χ2v) is 13.3. The van der Waals surface area contributed by atoms with Crippen molar-refractivity contribution in [3.05, 3.63) is 0 Å². The van der Waals surface area contributed by atoms with E-state index in [-0.39, 0.29) is 6.04 Å². The molecule has 3 nitrogen and oxygen atoms in total. The third kappa shape index (κ3) is 30.7. The van der Waals surface area contributed by atoms with Gasteiger partial charge in [-0.1, -0.05) is 194 Å². The molecule has 246 valence electrons. The van der Waals surface area contributed by atoms with E-state index in [0.29, 0.717) is 6.42 Å². The lowest BCUT2D eigenvalue weighted by Gasteiger charge is -2.31. The van der Waals surface area contributed by atoms with Crippen LogP contribution in [-0.4, -0.2) is 35.1 Å². The van der Waals surface area contributed by atoms with Gasteiger partial charge in [0.1, 0.15) is 0 Å². The van der Waals surface area contributed by atoms with Gasteiger partial charge in [0.05, 0.1) is 6.42 Å². The minimum Gasteiger partial charge on any atom is -0.481 e. The van der Waals surface area contributed by atoms with Crippen LogP contribution in [0.3, 0.4) is 0 Å². The molecule has 0 aliphatic carbocycles. The third-order valence-corrected chi connectivity index (χ3v) is 9.15. The van der Waals surface area contributed by atoms with Gasteiger partial charge in [0, 0.05) is 6.04 Å². The van der Waals surface area contributed by atoms with Crippen LogP contribution in [0, 0.1) is 0 Å². The fourth-order valence-electron chi connectivity index (χ4n) is 6.44. The summed E-state index contributed by atoms with van der Waals surface area (Å²) < 4.78 is 0. The van der Waals surface area contributed by atoms with Crippen LogP contribution < -0.4 is 0 Å². The van der Waals surface area contributed by atoms with Crippen molar-refractivity contribution in [2.75, 3.05) is 13.1 Å². The predicted molar refractivity (Wildman–Crippen MR) is 183 cm³/mol. The van der Waals surface area contributed by atoms with Crippen LogP contribution in [0.5, 0.6) is 0 Å². The second-order valence-electron chi connectivity index (χ2n) is 13.3. The van der Waals surface area contributed by atoms with Crippen molar-refractivity contribution in [2.45, 2.75) is 226 Å². The number of rotatable bonds is 35. The van der Waals surface area contributed by atoms with Crippen molar-refractivity contribution in [1.82, 2.24) is 4.90 Å². The standard InChI is InChI=1S/C38H77NO2/c1-4-7-9-11-13-15-17-19-21-23-25-27-29-31-34-39(37(33-6-3)36-38(40)41)35-32-30-28-26-24-22-20-18-16-14-12-10-8-5-2/h37H,4-36H2,1-3H3,(H,40,41). The number of carbonyl (C=O) groups is 1. The van der Waals surface area contributed by atoms with E-state index in [1.807, 2.05) is 0 Å². The van der Waals surface area contributed by atoms with Gasteiger partial charge in [-0.25, -0.2) is 0 Å². The Morgan fingerprint density at radius 2 is 0.707 bits per heavy atom. The molecule has 0 spiro atoms. The molecule has 0 bridgehead atoms. The zero-order valence-corrected chi connectivity index (χ0v) is 28.7. The molecule has 0 aromatic rings. The Balaban J connectivity index is 3.95. The fourth-order valence-corrected chi connectivity index (χ4v) is 6.44. The molecule has 1 N–H and O–H groups in total. The minimum absolute atomic E-state index is 0.224. The Bertz CT molecular complexity index is 477. The smallest absolute Gasteiger partial charge is 0.304 e. The Morgan fingerprint density at radius 1 is 0.439 bits per heavy atom. The molecule has 0 aromatic carbocycles. The van der Waals surface area contributed by atoms with Crippen LogP contribution in [0.4, 0.5) is 0 Å². The van der Waals surface area contributed by atoms with E-state index in [1.54, 1.807) is 0 Å². The van der Waals surface area contributed by atoms with E-state index in [2.05, 4.69) is 25.7 Å². The Morgan fingerprint density at radius 3 is 0.951 bits per heavy atom. The maximum Gasteiger partial charge on any atom is 0.304 e. The van der Waals surface area contributed by atoms with Crippen molar-refractivity contribution in [1.29, 1.82) is 0 Å². The molecule has 0 radical (unpaired) electrons. The van der Waals surface area contributed by atoms with Gasteiger partial charge in [-0.2, -0.15) is 0 Å². The fraction of sp³-hybridized carbons (Fsp3) is 0.974. The minimum atomic E-state index is -0.629. The van der Waals surface area contributed by atoms with Crippen molar-refractivity contribution in [3.63, 3.8) is 0 Å². The molecule has 1 atom stereocenters. The molecule has 0 fully saturated rings. The quantitative estimate of drug-likeness (QED) is 0.0759. The maximum atomic E-state index is 11.6. The summed E-state index contributed by atoms with van der Waals surface area (Å²) in [7, 11) is 0. The van der Waals surface area contributed by atoms with E-state index in [1.165, 1.54) is 180 Å². The first kappa shape index (κ1) is 40.4. The summed E-state index contributed by atoms with van der Waals surface area (Å²) in [5, 5.41) is 9.52. The van der Waals surface area contributed by atoms with E-state index in [0.717, 1.165) is 25.9 Å². The number of nitrogens with zero attached hydrogens (tertiary/aromatic N) is 1. The molecule has 41 heavy (non-hydrogen) atoms. The highest BCUT2D eigenvalue weighted by atomic mass is 16.4. The summed E-state index contributed by atoms with van der Waals surface area (Å²) in [6.45, 7) is 8.97. The average molecular weight is 580 g/mol. The Hall–Kier alpha value is -0.570. The van der Waals surface area contributed by atoms with E-state index in [9.17, 15) is 9.90 Å².